The van der Waals surface area contributed by atoms with Crippen molar-refractivity contribution in [2.45, 2.75) is 32.2 Å². The van der Waals surface area contributed by atoms with Gasteiger partial charge in [-0.1, -0.05) is 62.4 Å². The summed E-state index contributed by atoms with van der Waals surface area (Å²) in [6, 6.07) is 18.4. The molecule has 2 aromatic carbocycles. The lowest BCUT2D eigenvalue weighted by Gasteiger charge is -2.35. The van der Waals surface area contributed by atoms with Crippen LogP contribution in [0.25, 0.3) is 0 Å². The molecule has 0 amide bonds. The first-order valence-electron chi connectivity index (χ1n) is 7.34. The van der Waals surface area contributed by atoms with Crippen LogP contribution in [0.15, 0.2) is 54.6 Å². The zero-order valence-electron chi connectivity index (χ0n) is 13.0. The highest BCUT2D eigenvalue weighted by Crippen LogP contribution is 2.39. The van der Waals surface area contributed by atoms with E-state index in [0.717, 1.165) is 11.3 Å². The molecule has 3 heteroatoms. The molecule has 0 aliphatic carbocycles. The molecule has 112 valence electrons. The fraction of sp³-hybridized carbons (Fsp3) is 0.333. The summed E-state index contributed by atoms with van der Waals surface area (Å²) in [7, 11) is 0. The van der Waals surface area contributed by atoms with Gasteiger partial charge in [-0.15, -0.1) is 0 Å². The quantitative estimate of drug-likeness (QED) is 0.630. The number of benzene rings is 2. The molecule has 0 fully saturated rings. The van der Waals surface area contributed by atoms with Crippen molar-refractivity contribution in [3.8, 4) is 5.75 Å². The van der Waals surface area contributed by atoms with E-state index in [1.54, 1.807) is 0 Å². The minimum Gasteiger partial charge on any atom is -0.494 e. The van der Waals surface area contributed by atoms with Crippen molar-refractivity contribution in [1.82, 2.24) is 5.43 Å². The maximum Gasteiger partial charge on any atom is 0.124 e. The number of para-hydroxylation sites is 1. The van der Waals surface area contributed by atoms with E-state index in [1.165, 1.54) is 5.56 Å². The molecule has 0 aromatic heterocycles. The Morgan fingerprint density at radius 3 is 2.29 bits per heavy atom. The van der Waals surface area contributed by atoms with Gasteiger partial charge in [0.25, 0.3) is 0 Å². The molecule has 2 rings (SSSR count). The van der Waals surface area contributed by atoms with Gasteiger partial charge in [0, 0.05) is 11.0 Å². The van der Waals surface area contributed by atoms with Gasteiger partial charge >= 0.3 is 0 Å². The Kier molecular flexibility index (Phi) is 4.99. The third kappa shape index (κ3) is 3.26. The average Bonchev–Trinajstić information content (AvgIpc) is 2.51. The molecule has 0 aliphatic rings. The predicted molar refractivity (Wildman–Crippen MR) is 87.1 cm³/mol. The average molecular weight is 284 g/mol. The highest BCUT2D eigenvalue weighted by Gasteiger charge is 2.33. The normalized spacial score (nSPS) is 13.0. The molecule has 0 radical (unpaired) electrons. The summed E-state index contributed by atoms with van der Waals surface area (Å²) < 4.78 is 5.76. The minimum absolute atomic E-state index is 0.0392. The van der Waals surface area contributed by atoms with Gasteiger partial charge in [-0.05, 0) is 18.6 Å². The molecule has 0 bridgehead atoms. The van der Waals surface area contributed by atoms with E-state index in [2.05, 4.69) is 49.6 Å². The molecule has 1 unspecified atom stereocenters. The predicted octanol–water partition coefficient (Wildman–Crippen LogP) is 3.57. The number of hydrogen-bond acceptors (Lipinski definition) is 3. The zero-order valence-corrected chi connectivity index (χ0v) is 13.0. The third-order valence-corrected chi connectivity index (χ3v) is 3.94. The van der Waals surface area contributed by atoms with Gasteiger partial charge in [0.2, 0.25) is 0 Å². The van der Waals surface area contributed by atoms with Crippen LogP contribution in [0.2, 0.25) is 0 Å². The smallest absolute Gasteiger partial charge is 0.124 e. The summed E-state index contributed by atoms with van der Waals surface area (Å²) in [4.78, 5) is 0. The molecule has 0 aliphatic heterocycles. The molecular weight excluding hydrogens is 260 g/mol. The topological polar surface area (TPSA) is 47.3 Å². The Labute approximate surface area is 127 Å². The maximum atomic E-state index is 5.89. The van der Waals surface area contributed by atoms with Crippen LogP contribution < -0.4 is 16.0 Å². The first-order chi connectivity index (χ1) is 10.1. The molecular formula is C18H24N2O. The van der Waals surface area contributed by atoms with Crippen molar-refractivity contribution >= 4 is 0 Å². The Bertz CT molecular complexity index is 566. The Morgan fingerprint density at radius 1 is 1.05 bits per heavy atom. The summed E-state index contributed by atoms with van der Waals surface area (Å²) in [5, 5.41) is 0. The van der Waals surface area contributed by atoms with Crippen molar-refractivity contribution < 1.29 is 4.74 Å². The van der Waals surface area contributed by atoms with Gasteiger partial charge in [0.05, 0.1) is 12.6 Å². The van der Waals surface area contributed by atoms with E-state index in [9.17, 15) is 0 Å². The van der Waals surface area contributed by atoms with E-state index in [1.807, 2.05) is 31.2 Å². The Balaban J connectivity index is 2.44. The number of rotatable bonds is 6. The molecule has 3 nitrogen and oxygen atoms in total. The van der Waals surface area contributed by atoms with Crippen LogP contribution in [0, 0.1) is 0 Å². The molecule has 0 saturated carbocycles. The number of nitrogens with two attached hydrogens (primary N) is 1. The standard InChI is InChI=1S/C18H24N2O/c1-4-21-16-13-9-8-12-15(16)17(20-19)18(2,3)14-10-6-5-7-11-14/h5-13,17,20H,4,19H2,1-3H3. The lowest BCUT2D eigenvalue weighted by atomic mass is 9.75. The van der Waals surface area contributed by atoms with E-state index in [0.29, 0.717) is 6.61 Å². The second-order valence-electron chi connectivity index (χ2n) is 5.66. The van der Waals surface area contributed by atoms with Crippen LogP contribution in [0.1, 0.15) is 37.9 Å². The van der Waals surface area contributed by atoms with Gasteiger partial charge in [0.1, 0.15) is 5.75 Å². The van der Waals surface area contributed by atoms with Gasteiger partial charge in [-0.2, -0.15) is 0 Å². The highest BCUT2D eigenvalue weighted by atomic mass is 16.5. The molecule has 2 aromatic rings. The molecule has 21 heavy (non-hydrogen) atoms. The van der Waals surface area contributed by atoms with Crippen LogP contribution >= 0.6 is 0 Å². The van der Waals surface area contributed by atoms with Crippen LogP contribution in [0.3, 0.4) is 0 Å². The number of ether oxygens (including phenoxy) is 1. The van der Waals surface area contributed by atoms with E-state index in [-0.39, 0.29) is 11.5 Å². The second kappa shape index (κ2) is 6.74. The van der Waals surface area contributed by atoms with Crippen molar-refractivity contribution in [2.24, 2.45) is 5.84 Å². The first kappa shape index (κ1) is 15.5. The van der Waals surface area contributed by atoms with Gasteiger partial charge in [-0.3, -0.25) is 11.3 Å². The number of nitrogens with one attached hydrogen (secondary N) is 1. The fourth-order valence-corrected chi connectivity index (χ4v) is 2.73. The van der Waals surface area contributed by atoms with Crippen molar-refractivity contribution in [2.75, 3.05) is 6.61 Å². The van der Waals surface area contributed by atoms with Crippen LogP contribution in [0.4, 0.5) is 0 Å². The van der Waals surface area contributed by atoms with E-state index < -0.39 is 0 Å². The third-order valence-electron chi connectivity index (χ3n) is 3.94. The summed E-state index contributed by atoms with van der Waals surface area (Å²) in [6.07, 6.45) is 0. The largest absolute Gasteiger partial charge is 0.494 e. The fourth-order valence-electron chi connectivity index (χ4n) is 2.73. The summed E-state index contributed by atoms with van der Waals surface area (Å²) in [5.41, 5.74) is 5.13. The molecule has 0 heterocycles. The minimum atomic E-state index is -0.163. The molecule has 0 spiro atoms. The SMILES string of the molecule is CCOc1ccccc1C(NN)C(C)(C)c1ccccc1. The monoisotopic (exact) mass is 284 g/mol. The van der Waals surface area contributed by atoms with Crippen LogP contribution in [-0.4, -0.2) is 6.61 Å². The highest BCUT2D eigenvalue weighted by molar-refractivity contribution is 5.40. The maximum absolute atomic E-state index is 5.89. The van der Waals surface area contributed by atoms with Crippen molar-refractivity contribution in [3.63, 3.8) is 0 Å². The lowest BCUT2D eigenvalue weighted by Crippen LogP contribution is -2.41. The Hall–Kier alpha value is -1.84. The summed E-state index contributed by atoms with van der Waals surface area (Å²) in [6.45, 7) is 7.01. The summed E-state index contributed by atoms with van der Waals surface area (Å²) >= 11 is 0. The molecule has 1 atom stereocenters. The summed E-state index contributed by atoms with van der Waals surface area (Å²) in [5.74, 6) is 6.77. The lowest BCUT2D eigenvalue weighted by molar-refractivity contribution is 0.308. The number of hydrazine groups is 1. The van der Waals surface area contributed by atoms with Crippen molar-refractivity contribution in [1.29, 1.82) is 0 Å². The van der Waals surface area contributed by atoms with Gasteiger partial charge < -0.3 is 4.74 Å². The molecule has 3 N–H and O–H groups in total. The van der Waals surface area contributed by atoms with Crippen molar-refractivity contribution in [3.05, 3.63) is 65.7 Å². The van der Waals surface area contributed by atoms with E-state index in [4.69, 9.17) is 10.6 Å². The van der Waals surface area contributed by atoms with E-state index >= 15 is 0 Å². The second-order valence-corrected chi connectivity index (χ2v) is 5.66. The Morgan fingerprint density at radius 2 is 1.67 bits per heavy atom. The molecule has 0 saturated heterocycles. The van der Waals surface area contributed by atoms with Crippen LogP contribution in [-0.2, 0) is 5.41 Å². The van der Waals surface area contributed by atoms with Crippen LogP contribution in [0.5, 0.6) is 5.75 Å². The zero-order chi connectivity index (χ0) is 15.3. The van der Waals surface area contributed by atoms with Gasteiger partial charge in [-0.25, -0.2) is 0 Å². The number of hydrogen-bond donors (Lipinski definition) is 2. The first-order valence-corrected chi connectivity index (χ1v) is 7.34. The van der Waals surface area contributed by atoms with Gasteiger partial charge in [0.15, 0.2) is 0 Å².